The van der Waals surface area contributed by atoms with Crippen LogP contribution < -0.4 is 0 Å². The summed E-state index contributed by atoms with van der Waals surface area (Å²) in [5, 5.41) is 10.6. The zero-order chi connectivity index (χ0) is 66.3. The van der Waals surface area contributed by atoms with Crippen LogP contribution in [-0.4, -0.2) is 13.7 Å². The monoisotopic (exact) mass is 1330 g/mol. The molecule has 0 radical (unpaired) electrons. The fourth-order valence-electron chi connectivity index (χ4n) is 24.5. The van der Waals surface area contributed by atoms with E-state index in [0.29, 0.717) is 0 Å². The molecule has 4 aromatic heterocycles. The Morgan fingerprint density at radius 3 is 1.38 bits per heavy atom. The van der Waals surface area contributed by atoms with Gasteiger partial charge in [0.25, 0.3) is 0 Å². The molecule has 0 amide bonds. The molecule has 8 fully saturated rings. The van der Waals surface area contributed by atoms with E-state index in [-0.39, 0.29) is 10.8 Å². The van der Waals surface area contributed by atoms with Gasteiger partial charge in [-0.2, -0.15) is 0 Å². The molecule has 102 heavy (non-hydrogen) atoms. The van der Waals surface area contributed by atoms with Crippen molar-refractivity contribution in [3.05, 3.63) is 307 Å². The summed E-state index contributed by atoms with van der Waals surface area (Å²) in [4.78, 5) is 0. The first-order chi connectivity index (χ1) is 50.5. The lowest BCUT2D eigenvalue weighted by atomic mass is 9.43. The number of rotatable bonds is 5. The predicted molar refractivity (Wildman–Crippen MR) is 426 cm³/mol. The maximum atomic E-state index is 2.64. The Morgan fingerprint density at radius 1 is 0.255 bits per heavy atom. The first-order valence-corrected chi connectivity index (χ1v) is 38.9. The molecule has 0 unspecified atom stereocenters. The van der Waals surface area contributed by atoms with Crippen molar-refractivity contribution >= 4 is 96.9 Å². The number of hydrogen-bond donors (Lipinski definition) is 0. The Hall–Kier alpha value is -10.5. The van der Waals surface area contributed by atoms with E-state index in [0.717, 1.165) is 47.3 Å². The number of hydrogen-bond acceptors (Lipinski definition) is 1. The zero-order valence-corrected chi connectivity index (χ0v) is 57.9. The van der Waals surface area contributed by atoms with Crippen LogP contribution in [0.5, 0.6) is 0 Å². The first kappa shape index (κ1) is 57.1. The van der Waals surface area contributed by atoms with Crippen LogP contribution in [0.4, 0.5) is 0 Å². The van der Waals surface area contributed by atoms with Gasteiger partial charge in [-0.15, -0.1) is 11.3 Å². The van der Waals surface area contributed by atoms with E-state index in [4.69, 9.17) is 0 Å². The van der Waals surface area contributed by atoms with Gasteiger partial charge >= 0.3 is 0 Å². The molecule has 4 heterocycles. The minimum Gasteiger partial charge on any atom is -0.309 e. The lowest BCUT2D eigenvalue weighted by Gasteiger charge is -2.61. The van der Waals surface area contributed by atoms with Crippen molar-refractivity contribution in [1.29, 1.82) is 0 Å². The van der Waals surface area contributed by atoms with Crippen LogP contribution in [0.3, 0.4) is 0 Å². The molecule has 488 valence electrons. The topological polar surface area (TPSA) is 14.8 Å². The van der Waals surface area contributed by atoms with Crippen LogP contribution in [0.25, 0.3) is 147 Å². The Morgan fingerprint density at radius 2 is 0.706 bits per heavy atom. The zero-order valence-electron chi connectivity index (χ0n) is 57.1. The molecule has 13 aromatic carbocycles. The fraction of sp³-hybridized carbons (Fsp3) is 0.204. The van der Waals surface area contributed by atoms with Gasteiger partial charge in [0.1, 0.15) is 0 Å². The van der Waals surface area contributed by atoms with Crippen LogP contribution >= 0.6 is 11.3 Å². The predicted octanol–water partition coefficient (Wildman–Crippen LogP) is 25.8. The lowest BCUT2D eigenvalue weighted by molar-refractivity contribution is -0.0399. The molecule has 0 saturated heterocycles. The van der Waals surface area contributed by atoms with Crippen molar-refractivity contribution in [2.24, 2.45) is 47.3 Å². The minimum atomic E-state index is 0.156. The Balaban J connectivity index is 0.000000123. The minimum absolute atomic E-state index is 0.156. The van der Waals surface area contributed by atoms with Crippen LogP contribution in [0, 0.1) is 47.3 Å². The third-order valence-electron chi connectivity index (χ3n) is 27.7. The summed E-state index contributed by atoms with van der Waals surface area (Å²) in [6.45, 7) is 0. The molecule has 0 N–H and O–H groups in total. The van der Waals surface area contributed by atoms with Crippen molar-refractivity contribution in [1.82, 2.24) is 13.7 Å². The molecule has 8 saturated carbocycles. The largest absolute Gasteiger partial charge is 0.309 e. The standard InChI is InChI=1S/C52H40N2.C46H35NS/c1-2-11-38(12-3-1)53-46-18-8-5-13-39(46)42-30-34(21-23-48(42)53)35-22-24-49-43(31-35)40-14-6-9-19-47(40)54(49)50-20-10-17-45-51(50)41-15-4-7-16-44(41)52(45)36-26-32-25-33(28-36)29-37(52)27-32;1-4-12-39-34(8-1)35-18-17-32(26-40(35)46(39)30-21-27-20-28(23-30)24-31(46)22-27)47-41-13-5-2-10-37(41)45-33(11-7-14-42(45)47)29-16-19-44-38(25-29)36-9-3-6-15-43(36)48-44/h1-24,30-33,36-37H,25-29H2;1-19,25-28,30-31H,20-24H2. The number of aromatic nitrogens is 3. The molecule has 3 nitrogen and oxygen atoms in total. The van der Waals surface area contributed by atoms with Gasteiger partial charge in [0.2, 0.25) is 0 Å². The maximum Gasteiger partial charge on any atom is 0.0547 e. The Bertz CT molecular complexity index is 6380. The van der Waals surface area contributed by atoms with Gasteiger partial charge in [0.05, 0.1) is 38.8 Å². The molecular weight excluding hydrogens is 1250 g/mol. The summed E-state index contributed by atoms with van der Waals surface area (Å²) in [5.74, 6) is 6.80. The van der Waals surface area contributed by atoms with Crippen molar-refractivity contribution in [3.63, 3.8) is 0 Å². The van der Waals surface area contributed by atoms with Crippen LogP contribution in [-0.2, 0) is 10.8 Å². The van der Waals surface area contributed by atoms with Crippen LogP contribution in [0.1, 0.15) is 86.5 Å². The lowest BCUT2D eigenvalue weighted by Crippen LogP contribution is -2.55. The van der Waals surface area contributed by atoms with E-state index in [1.54, 1.807) is 22.3 Å². The second-order valence-electron chi connectivity index (χ2n) is 32.2. The number of thiophene rings is 1. The van der Waals surface area contributed by atoms with Gasteiger partial charge in [-0.3, -0.25) is 0 Å². The van der Waals surface area contributed by atoms with Gasteiger partial charge in [-0.25, -0.2) is 0 Å². The van der Waals surface area contributed by atoms with E-state index >= 15 is 0 Å². The van der Waals surface area contributed by atoms with Crippen molar-refractivity contribution < 1.29 is 0 Å². The Kier molecular flexibility index (Phi) is 11.8. The van der Waals surface area contributed by atoms with E-state index in [1.165, 1.54) is 211 Å². The quantitative estimate of drug-likeness (QED) is 0.163. The van der Waals surface area contributed by atoms with Crippen LogP contribution in [0.15, 0.2) is 285 Å². The SMILES string of the molecule is c1ccc(-n2c3ccccc3c3cc(-c4ccc5c(c4)c4ccccc4n5-c4cccc5c4-c4ccccc4C54C5CC6CC(C5)CC4C6)ccc32)cc1.c1ccc2c(c1)-c1ccc(-n3c4ccccc4c4c(-c5ccc6sc7ccccc7c6c5)cccc43)cc1C21C2CC3CC(C2)CC1C3. The highest BCUT2D eigenvalue weighted by Crippen LogP contribution is 2.72. The van der Waals surface area contributed by atoms with E-state index in [1.807, 2.05) is 11.3 Å². The summed E-state index contributed by atoms with van der Waals surface area (Å²) in [7, 11) is 0. The third-order valence-corrected chi connectivity index (χ3v) is 28.8. The summed E-state index contributed by atoms with van der Waals surface area (Å²) in [5.41, 5.74) is 29.3. The fourth-order valence-corrected chi connectivity index (χ4v) is 25.6. The molecular formula is C98H75N3S. The normalized spacial score (nSPS) is 24.4. The summed E-state index contributed by atoms with van der Waals surface area (Å²) in [6.07, 6.45) is 14.2. The molecule has 4 heteroatoms. The van der Waals surface area contributed by atoms with Gasteiger partial charge in [-0.05, 0) is 270 Å². The molecule has 2 spiro atoms. The molecule has 0 atom stereocenters. The molecule has 27 rings (SSSR count). The molecule has 8 bridgehead atoms. The van der Waals surface area contributed by atoms with E-state index < -0.39 is 0 Å². The van der Waals surface area contributed by atoms with Gasteiger partial charge in [-0.1, -0.05) is 188 Å². The number of para-hydroxylation sites is 4. The first-order valence-electron chi connectivity index (χ1n) is 38.1. The second kappa shape index (κ2) is 21.1. The van der Waals surface area contributed by atoms with E-state index in [2.05, 4.69) is 299 Å². The van der Waals surface area contributed by atoms with E-state index in [9.17, 15) is 0 Å². The third kappa shape index (κ3) is 7.61. The number of fused-ring (bicyclic) bond motifs is 18. The van der Waals surface area contributed by atoms with Gasteiger partial charge in [0, 0.05) is 80.3 Å². The average Bonchev–Trinajstić information content (AvgIpc) is 1.47. The number of nitrogens with zero attached hydrogens (tertiary/aromatic N) is 3. The number of benzene rings is 13. The average molecular weight is 1330 g/mol. The molecule has 0 aliphatic heterocycles. The smallest absolute Gasteiger partial charge is 0.0547 e. The summed E-state index contributed by atoms with van der Waals surface area (Å²) in [6, 6.07) is 109. The summed E-state index contributed by atoms with van der Waals surface area (Å²) < 4.78 is 10.3. The maximum absolute atomic E-state index is 2.64. The van der Waals surface area contributed by atoms with Crippen molar-refractivity contribution in [2.75, 3.05) is 0 Å². The second-order valence-corrected chi connectivity index (χ2v) is 33.3. The highest BCUT2D eigenvalue weighted by atomic mass is 32.1. The Labute approximate surface area is 597 Å². The molecule has 17 aromatic rings. The molecule has 10 aliphatic carbocycles. The van der Waals surface area contributed by atoms with Crippen LogP contribution in [0.2, 0.25) is 0 Å². The highest BCUT2D eigenvalue weighted by molar-refractivity contribution is 7.25. The highest BCUT2D eigenvalue weighted by Gasteiger charge is 2.63. The van der Waals surface area contributed by atoms with Crippen molar-refractivity contribution in [2.45, 2.75) is 75.0 Å². The van der Waals surface area contributed by atoms with Crippen molar-refractivity contribution in [3.8, 4) is 61.6 Å². The molecule has 10 aliphatic rings. The summed E-state index contributed by atoms with van der Waals surface area (Å²) >= 11 is 1.89. The van der Waals surface area contributed by atoms with Gasteiger partial charge < -0.3 is 13.7 Å². The van der Waals surface area contributed by atoms with Gasteiger partial charge in [0.15, 0.2) is 0 Å².